The van der Waals surface area contributed by atoms with Gasteiger partial charge in [0.2, 0.25) is 0 Å². The maximum absolute atomic E-state index is 11.6. The Morgan fingerprint density at radius 3 is 2.27 bits per heavy atom. The van der Waals surface area contributed by atoms with E-state index in [1.54, 1.807) is 0 Å². The molecule has 0 saturated heterocycles. The highest BCUT2D eigenvalue weighted by Gasteiger charge is 2.39. The number of carbonyl (C=O) groups excluding carboxylic acids is 1. The molecular formula is C5H5F3INO. The van der Waals surface area contributed by atoms with Gasteiger partial charge < -0.3 is 5.32 Å². The Morgan fingerprint density at radius 2 is 2.00 bits per heavy atom. The van der Waals surface area contributed by atoms with Crippen LogP contribution in [0.25, 0.3) is 0 Å². The zero-order valence-electron chi connectivity index (χ0n) is 5.50. The summed E-state index contributed by atoms with van der Waals surface area (Å²) >= 11 is 1.32. The highest BCUT2D eigenvalue weighted by molar-refractivity contribution is 14.1. The number of carbonyl (C=O) groups is 1. The van der Waals surface area contributed by atoms with Gasteiger partial charge in [0.1, 0.15) is 0 Å². The van der Waals surface area contributed by atoms with Crippen molar-refractivity contribution in [3.63, 3.8) is 0 Å². The summed E-state index contributed by atoms with van der Waals surface area (Å²) in [6.07, 6.45) is -3.78. The second-order valence-corrected chi connectivity index (χ2v) is 2.77. The average Bonchev–Trinajstić information content (AvgIpc) is 1.85. The van der Waals surface area contributed by atoms with Crippen LogP contribution in [-0.4, -0.2) is 19.0 Å². The smallest absolute Gasteiger partial charge is 0.393 e. The number of alkyl halides is 3. The van der Waals surface area contributed by atoms with Gasteiger partial charge in [-0.3, -0.25) is 4.79 Å². The van der Waals surface area contributed by atoms with Gasteiger partial charge in [0.15, 0.2) is 0 Å². The Labute approximate surface area is 75.0 Å². The van der Waals surface area contributed by atoms with Crippen molar-refractivity contribution in [3.8, 4) is 0 Å². The first-order valence-corrected chi connectivity index (χ1v) is 3.62. The third kappa shape index (κ3) is 3.59. The molecule has 0 unspecified atom stereocenters. The minimum Gasteiger partial charge on any atom is -0.393 e. The summed E-state index contributed by atoms with van der Waals surface area (Å²) in [7, 11) is 1.42. The molecule has 0 rings (SSSR count). The van der Waals surface area contributed by atoms with E-state index in [2.05, 4.69) is 5.32 Å². The maximum Gasteiger partial charge on any atom is 0.455 e. The lowest BCUT2D eigenvalue weighted by Gasteiger charge is -2.02. The normalized spacial score (nSPS) is 13.0. The number of hydrogen-bond acceptors (Lipinski definition) is 2. The van der Waals surface area contributed by atoms with E-state index in [0.717, 1.165) is 6.20 Å². The molecule has 0 atom stereocenters. The third-order valence-corrected chi connectivity index (χ3v) is 1.55. The van der Waals surface area contributed by atoms with Crippen LogP contribution in [0.2, 0.25) is 0 Å². The zero-order valence-corrected chi connectivity index (χ0v) is 7.65. The van der Waals surface area contributed by atoms with Crippen LogP contribution in [0.5, 0.6) is 0 Å². The van der Waals surface area contributed by atoms with Crippen LogP contribution in [0.4, 0.5) is 13.2 Å². The van der Waals surface area contributed by atoms with Gasteiger partial charge in [-0.05, 0) is 22.6 Å². The molecule has 0 heterocycles. The molecule has 0 aliphatic rings. The maximum atomic E-state index is 11.6. The van der Waals surface area contributed by atoms with Crippen molar-refractivity contribution in [1.82, 2.24) is 5.32 Å². The standard InChI is InChI=1S/C5H5F3INO/c1-10-2-3(9)4(11)5(6,7)8/h2,10H,1H3/b3-2-. The van der Waals surface area contributed by atoms with E-state index in [4.69, 9.17) is 0 Å². The molecule has 0 amide bonds. The molecule has 0 spiro atoms. The molecule has 0 aromatic carbocycles. The quantitative estimate of drug-likeness (QED) is 0.614. The number of nitrogens with one attached hydrogen (secondary N) is 1. The second kappa shape index (κ2) is 3.93. The molecule has 0 aromatic heterocycles. The lowest BCUT2D eigenvalue weighted by atomic mass is 10.4. The summed E-state index contributed by atoms with van der Waals surface area (Å²) in [5.74, 6) is -1.83. The lowest BCUT2D eigenvalue weighted by Crippen LogP contribution is -2.23. The van der Waals surface area contributed by atoms with Crippen molar-refractivity contribution >= 4 is 28.4 Å². The van der Waals surface area contributed by atoms with Crippen LogP contribution in [0.15, 0.2) is 9.78 Å². The molecule has 0 bridgehead atoms. The van der Waals surface area contributed by atoms with Crippen molar-refractivity contribution in [2.75, 3.05) is 7.05 Å². The first-order valence-electron chi connectivity index (χ1n) is 2.54. The van der Waals surface area contributed by atoms with Gasteiger partial charge in [-0.2, -0.15) is 13.2 Å². The van der Waals surface area contributed by atoms with Crippen LogP contribution >= 0.6 is 22.6 Å². The monoisotopic (exact) mass is 279 g/mol. The van der Waals surface area contributed by atoms with Crippen LogP contribution in [0, 0.1) is 0 Å². The second-order valence-electron chi connectivity index (χ2n) is 1.61. The molecule has 64 valence electrons. The number of Topliss-reactive ketones (excluding diaryl/α,β-unsaturated/α-hetero) is 1. The number of halogens is 4. The van der Waals surface area contributed by atoms with Crippen LogP contribution in [0.1, 0.15) is 0 Å². The topological polar surface area (TPSA) is 29.1 Å². The van der Waals surface area contributed by atoms with E-state index >= 15 is 0 Å². The van der Waals surface area contributed by atoms with Crippen molar-refractivity contribution in [2.24, 2.45) is 0 Å². The highest BCUT2D eigenvalue weighted by Crippen LogP contribution is 2.23. The van der Waals surface area contributed by atoms with E-state index in [1.807, 2.05) is 0 Å². The molecular weight excluding hydrogens is 274 g/mol. The molecule has 0 radical (unpaired) electrons. The fourth-order valence-electron chi connectivity index (χ4n) is 0.328. The molecule has 2 nitrogen and oxygen atoms in total. The van der Waals surface area contributed by atoms with Gasteiger partial charge in [-0.15, -0.1) is 0 Å². The Hall–Kier alpha value is -0.270. The van der Waals surface area contributed by atoms with E-state index in [9.17, 15) is 18.0 Å². The van der Waals surface area contributed by atoms with Gasteiger partial charge in [0.25, 0.3) is 5.78 Å². The fourth-order valence-corrected chi connectivity index (χ4v) is 0.945. The van der Waals surface area contributed by atoms with Crippen LogP contribution in [0.3, 0.4) is 0 Å². The van der Waals surface area contributed by atoms with E-state index in [0.29, 0.717) is 0 Å². The van der Waals surface area contributed by atoms with Gasteiger partial charge in [-0.1, -0.05) is 0 Å². The first kappa shape index (κ1) is 10.7. The molecule has 0 aromatic rings. The Morgan fingerprint density at radius 1 is 1.55 bits per heavy atom. The Kier molecular flexibility index (Phi) is 3.84. The summed E-state index contributed by atoms with van der Waals surface area (Å²) in [6, 6.07) is 0. The van der Waals surface area contributed by atoms with Crippen LogP contribution < -0.4 is 5.32 Å². The summed E-state index contributed by atoms with van der Waals surface area (Å²) < 4.78 is 34.4. The third-order valence-electron chi connectivity index (χ3n) is 0.745. The van der Waals surface area contributed by atoms with E-state index in [-0.39, 0.29) is 3.58 Å². The largest absolute Gasteiger partial charge is 0.455 e. The van der Waals surface area contributed by atoms with Gasteiger partial charge in [-0.25, -0.2) is 0 Å². The predicted octanol–water partition coefficient (Wildman–Crippen LogP) is 1.61. The molecule has 11 heavy (non-hydrogen) atoms. The van der Waals surface area contributed by atoms with Crippen molar-refractivity contribution in [3.05, 3.63) is 9.78 Å². The number of ketones is 1. The molecule has 0 aliphatic heterocycles. The SMILES string of the molecule is CN/C=C(\I)C(=O)C(F)(F)F. The average molecular weight is 279 g/mol. The van der Waals surface area contributed by atoms with E-state index < -0.39 is 12.0 Å². The molecule has 1 N–H and O–H groups in total. The number of hydrogen-bond donors (Lipinski definition) is 1. The summed E-state index contributed by atoms with van der Waals surface area (Å²) in [5.41, 5.74) is 0. The van der Waals surface area contributed by atoms with Crippen molar-refractivity contribution in [2.45, 2.75) is 6.18 Å². The predicted molar refractivity (Wildman–Crippen MR) is 42.2 cm³/mol. The zero-order chi connectivity index (χ0) is 9.07. The Bertz CT molecular complexity index is 187. The molecule has 6 heteroatoms. The van der Waals surface area contributed by atoms with Gasteiger partial charge in [0.05, 0.1) is 3.58 Å². The van der Waals surface area contributed by atoms with Crippen LogP contribution in [-0.2, 0) is 4.79 Å². The molecule has 0 saturated carbocycles. The fraction of sp³-hybridized carbons (Fsp3) is 0.400. The minimum absolute atomic E-state index is 0.377. The molecule has 0 aliphatic carbocycles. The summed E-state index contributed by atoms with van der Waals surface area (Å²) in [6.45, 7) is 0. The van der Waals surface area contributed by atoms with E-state index in [1.165, 1.54) is 29.6 Å². The van der Waals surface area contributed by atoms with Gasteiger partial charge in [0, 0.05) is 13.2 Å². The highest BCUT2D eigenvalue weighted by atomic mass is 127. The first-order chi connectivity index (χ1) is 4.89. The number of rotatable bonds is 2. The van der Waals surface area contributed by atoms with Crippen molar-refractivity contribution < 1.29 is 18.0 Å². The van der Waals surface area contributed by atoms with Gasteiger partial charge >= 0.3 is 6.18 Å². The number of allylic oxidation sites excluding steroid dienone is 1. The lowest BCUT2D eigenvalue weighted by molar-refractivity contribution is -0.165. The molecule has 0 fully saturated rings. The Balaban J connectivity index is 4.39. The minimum atomic E-state index is -4.77. The summed E-state index contributed by atoms with van der Waals surface area (Å²) in [4.78, 5) is 10.3. The summed E-state index contributed by atoms with van der Waals surface area (Å²) in [5, 5.41) is 2.33. The van der Waals surface area contributed by atoms with Crippen molar-refractivity contribution in [1.29, 1.82) is 0 Å².